The van der Waals surface area contributed by atoms with Gasteiger partial charge in [-0.15, -0.1) is 0 Å². The Morgan fingerprint density at radius 1 is 1.31 bits per heavy atom. The zero-order valence-corrected chi connectivity index (χ0v) is 10.6. The Balaban J connectivity index is 2.74. The van der Waals surface area contributed by atoms with Gasteiger partial charge in [0.05, 0.1) is 5.25 Å². The van der Waals surface area contributed by atoms with E-state index in [9.17, 15) is 18.0 Å². The zero-order valence-electron chi connectivity index (χ0n) is 8.22. The maximum Gasteiger partial charge on any atom is 0.442 e. The number of carbonyl (C=O) groups is 1. The van der Waals surface area contributed by atoms with Gasteiger partial charge in [0.1, 0.15) is 0 Å². The van der Waals surface area contributed by atoms with Gasteiger partial charge in [-0.1, -0.05) is 28.1 Å². The number of hydrogen-bond acceptors (Lipinski definition) is 2. The highest BCUT2D eigenvalue weighted by Gasteiger charge is 2.34. The first-order valence-corrected chi connectivity index (χ1v) is 6.01. The average molecular weight is 313 g/mol. The summed E-state index contributed by atoms with van der Waals surface area (Å²) in [7, 11) is 0. The minimum Gasteiger partial charge on any atom is -0.293 e. The fraction of sp³-hybridized carbons (Fsp3) is 0.300. The second kappa shape index (κ2) is 5.23. The first kappa shape index (κ1) is 13.6. The third-order valence-corrected chi connectivity index (χ3v) is 3.17. The Morgan fingerprint density at radius 3 is 2.25 bits per heavy atom. The quantitative estimate of drug-likeness (QED) is 0.775. The number of benzene rings is 1. The summed E-state index contributed by atoms with van der Waals surface area (Å²) in [5.41, 5.74) is -4.10. The smallest absolute Gasteiger partial charge is 0.293 e. The van der Waals surface area contributed by atoms with Crippen LogP contribution in [0.15, 0.2) is 28.7 Å². The van der Waals surface area contributed by atoms with E-state index in [4.69, 9.17) is 0 Å². The highest BCUT2D eigenvalue weighted by molar-refractivity contribution is 9.10. The van der Waals surface area contributed by atoms with Crippen LogP contribution >= 0.6 is 27.7 Å². The topological polar surface area (TPSA) is 17.1 Å². The maximum atomic E-state index is 12.0. The van der Waals surface area contributed by atoms with E-state index in [1.807, 2.05) is 0 Å². The van der Waals surface area contributed by atoms with Gasteiger partial charge < -0.3 is 0 Å². The normalized spacial score (nSPS) is 13.6. The molecule has 0 aliphatic carbocycles. The van der Waals surface area contributed by atoms with E-state index in [0.29, 0.717) is 0 Å². The highest BCUT2D eigenvalue weighted by atomic mass is 79.9. The van der Waals surface area contributed by atoms with Gasteiger partial charge in [-0.2, -0.15) is 13.2 Å². The summed E-state index contributed by atoms with van der Waals surface area (Å²) in [5, 5.41) is -1.12. The highest BCUT2D eigenvalue weighted by Crippen LogP contribution is 2.35. The number of hydrogen-bond donors (Lipinski definition) is 0. The summed E-state index contributed by atoms with van der Waals surface area (Å²) in [6.07, 6.45) is 0. The maximum absolute atomic E-state index is 12.0. The van der Waals surface area contributed by atoms with Crippen LogP contribution in [-0.4, -0.2) is 16.5 Å². The molecule has 1 rings (SSSR count). The molecule has 0 fully saturated rings. The predicted molar refractivity (Wildman–Crippen MR) is 61.6 cm³/mol. The van der Waals surface area contributed by atoms with E-state index in [0.717, 1.165) is 4.47 Å². The molecule has 1 atom stereocenters. The number of ketones is 1. The van der Waals surface area contributed by atoms with Crippen molar-refractivity contribution in [2.45, 2.75) is 17.7 Å². The van der Waals surface area contributed by atoms with Crippen molar-refractivity contribution in [3.05, 3.63) is 34.3 Å². The van der Waals surface area contributed by atoms with Crippen molar-refractivity contribution >= 4 is 33.5 Å². The molecule has 16 heavy (non-hydrogen) atoms. The Morgan fingerprint density at radius 2 is 1.81 bits per heavy atom. The van der Waals surface area contributed by atoms with E-state index >= 15 is 0 Å². The van der Waals surface area contributed by atoms with Gasteiger partial charge >= 0.3 is 5.51 Å². The van der Waals surface area contributed by atoms with Gasteiger partial charge in [-0.05, 0) is 30.8 Å². The molecule has 1 aromatic rings. The van der Waals surface area contributed by atoms with Gasteiger partial charge in [0.15, 0.2) is 5.78 Å². The number of Topliss-reactive ketones (excluding diaryl/α,β-unsaturated/α-hetero) is 1. The summed E-state index contributed by atoms with van der Waals surface area (Å²) in [6.45, 7) is 1.25. The van der Waals surface area contributed by atoms with Gasteiger partial charge in [-0.25, -0.2) is 0 Å². The zero-order chi connectivity index (χ0) is 12.3. The van der Waals surface area contributed by atoms with Crippen molar-refractivity contribution in [2.75, 3.05) is 0 Å². The number of rotatable bonds is 3. The first-order valence-electron chi connectivity index (χ1n) is 4.34. The Bertz CT molecular complexity index is 375. The summed E-state index contributed by atoms with van der Waals surface area (Å²) in [4.78, 5) is 11.6. The van der Waals surface area contributed by atoms with E-state index in [-0.39, 0.29) is 17.3 Å². The van der Waals surface area contributed by atoms with Crippen molar-refractivity contribution in [2.24, 2.45) is 0 Å². The van der Waals surface area contributed by atoms with E-state index < -0.39 is 16.5 Å². The van der Waals surface area contributed by atoms with Crippen LogP contribution in [-0.2, 0) is 0 Å². The molecule has 1 unspecified atom stereocenters. The molecule has 0 N–H and O–H groups in total. The van der Waals surface area contributed by atoms with Crippen molar-refractivity contribution in [1.29, 1.82) is 0 Å². The number of thioether (sulfide) groups is 1. The van der Waals surface area contributed by atoms with Crippen molar-refractivity contribution in [3.63, 3.8) is 0 Å². The fourth-order valence-corrected chi connectivity index (χ4v) is 2.01. The lowest BCUT2D eigenvalue weighted by atomic mass is 10.1. The molecule has 0 aliphatic heterocycles. The Labute approximate surface area is 104 Å². The van der Waals surface area contributed by atoms with E-state index in [2.05, 4.69) is 15.9 Å². The Hall–Kier alpha value is -0.490. The molecule has 0 aromatic heterocycles. The predicted octanol–water partition coefficient (Wildman–Crippen LogP) is 4.27. The Kier molecular flexibility index (Phi) is 4.43. The molecule has 0 heterocycles. The van der Waals surface area contributed by atoms with Crippen molar-refractivity contribution in [1.82, 2.24) is 0 Å². The van der Waals surface area contributed by atoms with Crippen LogP contribution < -0.4 is 0 Å². The summed E-state index contributed by atoms with van der Waals surface area (Å²) in [5.74, 6) is -0.519. The second-order valence-corrected chi connectivity index (χ2v) is 5.40. The SMILES string of the molecule is CC(SC(F)(F)F)C(=O)c1ccc(Br)cc1. The first-order chi connectivity index (χ1) is 7.29. The van der Waals surface area contributed by atoms with Crippen LogP contribution in [0, 0.1) is 0 Å². The fourth-order valence-electron chi connectivity index (χ4n) is 1.10. The van der Waals surface area contributed by atoms with Crippen LogP contribution in [0.4, 0.5) is 13.2 Å². The molecule has 0 spiro atoms. The molecule has 0 aliphatic rings. The van der Waals surface area contributed by atoms with Crippen LogP contribution in [0.1, 0.15) is 17.3 Å². The molecule has 6 heteroatoms. The standard InChI is InChI=1S/C10H8BrF3OS/c1-6(16-10(12,13)14)9(15)7-2-4-8(11)5-3-7/h2-6H,1H3. The molecule has 0 radical (unpaired) electrons. The molecule has 0 saturated heterocycles. The monoisotopic (exact) mass is 312 g/mol. The van der Waals surface area contributed by atoms with E-state index in [1.165, 1.54) is 19.1 Å². The van der Waals surface area contributed by atoms with Crippen LogP contribution in [0.2, 0.25) is 0 Å². The third kappa shape index (κ3) is 4.17. The lowest BCUT2D eigenvalue weighted by Crippen LogP contribution is -2.18. The van der Waals surface area contributed by atoms with Crippen LogP contribution in [0.5, 0.6) is 0 Å². The molecule has 88 valence electrons. The molecule has 1 aromatic carbocycles. The third-order valence-electron chi connectivity index (χ3n) is 1.81. The lowest BCUT2D eigenvalue weighted by molar-refractivity contribution is -0.0332. The van der Waals surface area contributed by atoms with Gasteiger partial charge in [-0.3, -0.25) is 4.79 Å². The molecule has 0 bridgehead atoms. The lowest BCUT2D eigenvalue weighted by Gasteiger charge is -2.12. The van der Waals surface area contributed by atoms with Crippen molar-refractivity contribution < 1.29 is 18.0 Å². The summed E-state index contributed by atoms with van der Waals surface area (Å²) < 4.78 is 36.9. The summed E-state index contributed by atoms with van der Waals surface area (Å²) >= 11 is 2.89. The molecule has 0 saturated carbocycles. The van der Waals surface area contributed by atoms with E-state index in [1.54, 1.807) is 12.1 Å². The second-order valence-electron chi connectivity index (χ2n) is 3.08. The summed E-state index contributed by atoms with van der Waals surface area (Å²) in [6, 6.07) is 6.25. The minimum absolute atomic E-state index is 0.285. The van der Waals surface area contributed by atoms with Gasteiger partial charge in [0, 0.05) is 10.0 Å². The largest absolute Gasteiger partial charge is 0.442 e. The number of halogens is 4. The van der Waals surface area contributed by atoms with Gasteiger partial charge in [0.2, 0.25) is 0 Å². The molecular weight excluding hydrogens is 305 g/mol. The molecule has 1 nitrogen and oxygen atoms in total. The molecule has 0 amide bonds. The number of alkyl halides is 3. The number of carbonyl (C=O) groups excluding carboxylic acids is 1. The van der Waals surface area contributed by atoms with Crippen LogP contribution in [0.25, 0.3) is 0 Å². The van der Waals surface area contributed by atoms with Crippen LogP contribution in [0.3, 0.4) is 0 Å². The average Bonchev–Trinajstić information content (AvgIpc) is 2.15. The molecular formula is C10H8BrF3OS. The minimum atomic E-state index is -4.38. The van der Waals surface area contributed by atoms with Crippen molar-refractivity contribution in [3.8, 4) is 0 Å². The van der Waals surface area contributed by atoms with Gasteiger partial charge in [0.25, 0.3) is 0 Å².